The number of nitrogens with zero attached hydrogens (tertiary/aromatic N) is 4. The lowest BCUT2D eigenvalue weighted by Crippen LogP contribution is -2.32. The molecule has 2 aromatic rings. The fraction of sp³-hybridized carbons (Fsp3) is 0.417. The third kappa shape index (κ3) is 2.64. The van der Waals surface area contributed by atoms with Crippen molar-refractivity contribution in [1.29, 1.82) is 0 Å². The molecule has 0 saturated carbocycles. The Morgan fingerprint density at radius 1 is 1.52 bits per heavy atom. The average Bonchev–Trinajstić information content (AvgIpc) is 3.02. The van der Waals surface area contributed by atoms with E-state index in [0.29, 0.717) is 17.9 Å². The number of carbonyl (C=O) groups is 1. The number of carbonyl (C=O) groups excluding carboxylic acids is 1. The first kappa shape index (κ1) is 13.7. The van der Waals surface area contributed by atoms with E-state index in [1.54, 1.807) is 23.0 Å². The first-order valence-corrected chi connectivity index (χ1v) is 6.43. The summed E-state index contributed by atoms with van der Waals surface area (Å²) >= 11 is 0. The number of hydrogen-bond acceptors (Lipinski definition) is 4. The molecule has 2 aromatic heterocycles. The van der Waals surface area contributed by atoms with Gasteiger partial charge in [-0.15, -0.1) is 0 Å². The Labute approximate surface area is 118 Å². The molecule has 112 valence electrons. The van der Waals surface area contributed by atoms with Gasteiger partial charge < -0.3 is 16.0 Å². The number of urea groups is 1. The molecule has 3 N–H and O–H groups in total. The second-order valence-corrected chi connectivity index (χ2v) is 4.87. The van der Waals surface area contributed by atoms with E-state index in [0.717, 1.165) is 5.56 Å². The highest BCUT2D eigenvalue weighted by atomic mass is 19.3. The molecule has 0 aliphatic carbocycles. The van der Waals surface area contributed by atoms with Gasteiger partial charge in [0.25, 0.3) is 6.43 Å². The highest BCUT2D eigenvalue weighted by molar-refractivity contribution is 5.77. The van der Waals surface area contributed by atoms with Gasteiger partial charge in [0.15, 0.2) is 5.65 Å². The zero-order chi connectivity index (χ0) is 15.0. The summed E-state index contributed by atoms with van der Waals surface area (Å²) in [6.07, 6.45) is 0.728. The second kappa shape index (κ2) is 5.24. The fourth-order valence-corrected chi connectivity index (χ4v) is 2.26. The van der Waals surface area contributed by atoms with Crippen LogP contribution in [0.4, 0.5) is 13.6 Å². The molecule has 21 heavy (non-hydrogen) atoms. The first-order valence-electron chi connectivity index (χ1n) is 6.43. The van der Waals surface area contributed by atoms with Crippen molar-refractivity contribution in [3.05, 3.63) is 29.7 Å². The van der Waals surface area contributed by atoms with Crippen LogP contribution >= 0.6 is 0 Å². The van der Waals surface area contributed by atoms with Crippen molar-refractivity contribution < 1.29 is 13.6 Å². The van der Waals surface area contributed by atoms with Crippen molar-refractivity contribution in [3.63, 3.8) is 0 Å². The van der Waals surface area contributed by atoms with E-state index >= 15 is 0 Å². The summed E-state index contributed by atoms with van der Waals surface area (Å²) in [6.45, 7) is 0.497. The van der Waals surface area contributed by atoms with Crippen LogP contribution in [0.5, 0.6) is 0 Å². The van der Waals surface area contributed by atoms with Gasteiger partial charge in [0.05, 0.1) is 18.1 Å². The number of aromatic nitrogens is 3. The fourth-order valence-electron chi connectivity index (χ4n) is 2.26. The third-order valence-corrected chi connectivity index (χ3v) is 3.33. The van der Waals surface area contributed by atoms with Gasteiger partial charge in [-0.25, -0.2) is 23.1 Å². The highest BCUT2D eigenvalue weighted by Crippen LogP contribution is 2.15. The lowest BCUT2D eigenvalue weighted by molar-refractivity contribution is 0.108. The summed E-state index contributed by atoms with van der Waals surface area (Å²) < 4.78 is 26.8. The molecular weight excluding hydrogens is 282 g/mol. The Hall–Kier alpha value is -2.29. The van der Waals surface area contributed by atoms with Gasteiger partial charge >= 0.3 is 6.03 Å². The minimum absolute atomic E-state index is 0.0236. The zero-order valence-corrected chi connectivity index (χ0v) is 11.0. The van der Waals surface area contributed by atoms with Crippen molar-refractivity contribution in [2.75, 3.05) is 6.54 Å². The molecule has 1 atom stereocenters. The number of hydrogen-bond donors (Lipinski definition) is 2. The smallest absolute Gasteiger partial charge is 0.318 e. The van der Waals surface area contributed by atoms with Gasteiger partial charge in [0.1, 0.15) is 6.04 Å². The summed E-state index contributed by atoms with van der Waals surface area (Å²) in [5.74, 6) is 0. The Kier molecular flexibility index (Phi) is 3.42. The topological polar surface area (TPSA) is 88.5 Å². The molecule has 1 saturated heterocycles. The van der Waals surface area contributed by atoms with Gasteiger partial charge in [-0.2, -0.15) is 5.10 Å². The Balaban J connectivity index is 1.77. The number of halogens is 2. The Morgan fingerprint density at radius 3 is 3.00 bits per heavy atom. The Morgan fingerprint density at radius 2 is 2.33 bits per heavy atom. The molecule has 1 aliphatic rings. The summed E-state index contributed by atoms with van der Waals surface area (Å²) in [7, 11) is 0. The molecule has 2 amide bonds. The minimum Gasteiger partial charge on any atom is -0.328 e. The second-order valence-electron chi connectivity index (χ2n) is 4.87. The third-order valence-electron chi connectivity index (χ3n) is 3.33. The summed E-state index contributed by atoms with van der Waals surface area (Å²) in [5.41, 5.74) is 7.55. The van der Waals surface area contributed by atoms with Crippen molar-refractivity contribution in [3.8, 4) is 0 Å². The maximum absolute atomic E-state index is 12.6. The molecule has 0 radical (unpaired) electrons. The number of nitrogens with two attached hydrogens (primary N) is 1. The van der Waals surface area contributed by atoms with Crippen molar-refractivity contribution in [2.45, 2.75) is 25.6 Å². The minimum atomic E-state index is -2.57. The average molecular weight is 296 g/mol. The number of alkyl halides is 2. The maximum atomic E-state index is 12.6. The quantitative estimate of drug-likeness (QED) is 0.852. The normalized spacial score (nSPS) is 18.8. The molecule has 3 heterocycles. The molecule has 0 aromatic carbocycles. The van der Waals surface area contributed by atoms with E-state index in [1.165, 1.54) is 4.90 Å². The van der Waals surface area contributed by atoms with Crippen LogP contribution in [0.3, 0.4) is 0 Å². The van der Waals surface area contributed by atoms with Crippen LogP contribution in [0.2, 0.25) is 0 Å². The maximum Gasteiger partial charge on any atom is 0.318 e. The predicted molar refractivity (Wildman–Crippen MR) is 69.6 cm³/mol. The Bertz CT molecular complexity index is 673. The van der Waals surface area contributed by atoms with Crippen LogP contribution in [0, 0.1) is 0 Å². The predicted octanol–water partition coefficient (Wildman–Crippen LogP) is 0.347. The monoisotopic (exact) mass is 296 g/mol. The van der Waals surface area contributed by atoms with E-state index in [2.05, 4.69) is 15.4 Å². The summed E-state index contributed by atoms with van der Waals surface area (Å²) in [4.78, 5) is 17.2. The van der Waals surface area contributed by atoms with Gasteiger partial charge in [-0.3, -0.25) is 0 Å². The molecule has 9 heteroatoms. The van der Waals surface area contributed by atoms with Crippen molar-refractivity contribution >= 4 is 11.7 Å². The highest BCUT2D eigenvalue weighted by Gasteiger charge is 2.34. The van der Waals surface area contributed by atoms with Crippen LogP contribution in [0.15, 0.2) is 18.5 Å². The van der Waals surface area contributed by atoms with Crippen LogP contribution in [-0.2, 0) is 13.1 Å². The number of amides is 2. The number of nitrogens with one attached hydrogen (secondary N) is 1. The number of imidazole rings is 1. The van der Waals surface area contributed by atoms with Crippen LogP contribution < -0.4 is 11.1 Å². The molecule has 1 aliphatic heterocycles. The molecule has 0 bridgehead atoms. The van der Waals surface area contributed by atoms with E-state index in [1.807, 2.05) is 0 Å². The standard InChI is InChI=1S/C12H14F2N6O/c13-11(14)9-6-19(12(21)18-9)4-7-1-10-17-8(2-15)5-20(10)16-3-7/h1,3,5,9,11H,2,4,6,15H2,(H,18,21). The molecule has 0 spiro atoms. The van der Waals surface area contributed by atoms with Crippen molar-refractivity contribution in [1.82, 2.24) is 24.8 Å². The molecular formula is C12H14F2N6O. The first-order chi connectivity index (χ1) is 10.1. The number of rotatable bonds is 4. The van der Waals surface area contributed by atoms with E-state index in [4.69, 9.17) is 5.73 Å². The summed E-state index contributed by atoms with van der Waals surface area (Å²) in [6, 6.07) is 0.144. The van der Waals surface area contributed by atoms with Crippen LogP contribution in [-0.4, -0.2) is 44.5 Å². The molecule has 1 fully saturated rings. The summed E-state index contributed by atoms with van der Waals surface area (Å²) in [5, 5.41) is 6.42. The van der Waals surface area contributed by atoms with Crippen molar-refractivity contribution in [2.24, 2.45) is 5.73 Å². The van der Waals surface area contributed by atoms with E-state index in [-0.39, 0.29) is 13.1 Å². The molecule has 7 nitrogen and oxygen atoms in total. The lowest BCUT2D eigenvalue weighted by atomic mass is 10.2. The molecule has 3 rings (SSSR count). The van der Waals surface area contributed by atoms with Gasteiger partial charge in [-0.05, 0) is 11.6 Å². The largest absolute Gasteiger partial charge is 0.328 e. The van der Waals surface area contributed by atoms with E-state index < -0.39 is 18.5 Å². The zero-order valence-electron chi connectivity index (χ0n) is 11.0. The van der Waals surface area contributed by atoms with Crippen LogP contribution in [0.25, 0.3) is 5.65 Å². The van der Waals surface area contributed by atoms with E-state index in [9.17, 15) is 13.6 Å². The molecule has 1 unspecified atom stereocenters. The van der Waals surface area contributed by atoms with Gasteiger partial charge in [-0.1, -0.05) is 0 Å². The van der Waals surface area contributed by atoms with Gasteiger partial charge in [0.2, 0.25) is 0 Å². The number of fused-ring (bicyclic) bond motifs is 1. The van der Waals surface area contributed by atoms with Gasteiger partial charge in [0, 0.05) is 19.6 Å². The SMILES string of the molecule is NCc1cn2ncc(CN3CC(C(F)F)NC3=O)cc2n1. The van der Waals surface area contributed by atoms with Crippen LogP contribution in [0.1, 0.15) is 11.3 Å². The lowest BCUT2D eigenvalue weighted by Gasteiger charge is -2.14.